The Bertz CT molecular complexity index is 1100. The maximum atomic E-state index is 12.8. The van der Waals surface area contributed by atoms with Crippen LogP contribution in [0.3, 0.4) is 0 Å². The molecule has 0 saturated carbocycles. The number of benzene rings is 1. The van der Waals surface area contributed by atoms with Crippen LogP contribution in [0.4, 0.5) is 0 Å². The summed E-state index contributed by atoms with van der Waals surface area (Å²) < 4.78 is 11.0. The summed E-state index contributed by atoms with van der Waals surface area (Å²) in [6.07, 6.45) is 0.741. The molecule has 4 rings (SSSR count). The molecule has 136 valence electrons. The van der Waals surface area contributed by atoms with Crippen LogP contribution < -0.4 is 0 Å². The number of ether oxygens (including phenoxy) is 1. The topological polar surface area (TPSA) is 78.1 Å². The van der Waals surface area contributed by atoms with Gasteiger partial charge in [0, 0.05) is 11.1 Å². The van der Waals surface area contributed by atoms with Gasteiger partial charge in [0.15, 0.2) is 6.61 Å². The number of hydrogen-bond acceptors (Lipinski definition) is 7. The third-order valence-electron chi connectivity index (χ3n) is 4.30. The molecule has 6 nitrogen and oxygen atoms in total. The van der Waals surface area contributed by atoms with E-state index in [0.29, 0.717) is 11.5 Å². The fourth-order valence-corrected chi connectivity index (χ4v) is 3.62. The van der Waals surface area contributed by atoms with E-state index in [1.54, 1.807) is 0 Å². The Morgan fingerprint density at radius 3 is 2.81 bits per heavy atom. The summed E-state index contributed by atoms with van der Waals surface area (Å²) in [5.41, 5.74) is 3.05. The molecule has 0 aliphatic heterocycles. The summed E-state index contributed by atoms with van der Waals surface area (Å²) in [6, 6.07) is 11.4. The van der Waals surface area contributed by atoms with Crippen molar-refractivity contribution in [2.24, 2.45) is 0 Å². The van der Waals surface area contributed by atoms with E-state index in [9.17, 15) is 4.79 Å². The molecule has 0 fully saturated rings. The van der Waals surface area contributed by atoms with Gasteiger partial charge < -0.3 is 9.15 Å². The molecule has 1 aromatic carbocycles. The molecule has 0 bridgehead atoms. The standard InChI is InChI=1S/C20H17N3O3S/c1-3-14-12(2)18(13-7-4-5-8-15(13)21-14)20(24)25-11-17-22-23-19(26-17)16-9-6-10-27-16/h4-10H,3,11H2,1-2H3. The van der Waals surface area contributed by atoms with E-state index in [1.165, 1.54) is 11.3 Å². The number of thiophene rings is 1. The Morgan fingerprint density at radius 2 is 2.04 bits per heavy atom. The summed E-state index contributed by atoms with van der Waals surface area (Å²) >= 11 is 1.51. The molecule has 7 heteroatoms. The van der Waals surface area contributed by atoms with E-state index in [1.807, 2.05) is 55.6 Å². The molecule has 0 saturated heterocycles. The number of hydrogen-bond donors (Lipinski definition) is 0. The van der Waals surface area contributed by atoms with E-state index >= 15 is 0 Å². The predicted octanol–water partition coefficient (Wildman–Crippen LogP) is 4.57. The molecular formula is C20H17N3O3S. The smallest absolute Gasteiger partial charge is 0.339 e. The van der Waals surface area contributed by atoms with E-state index in [-0.39, 0.29) is 12.5 Å². The van der Waals surface area contributed by atoms with Gasteiger partial charge >= 0.3 is 5.97 Å². The van der Waals surface area contributed by atoms with Crippen molar-refractivity contribution < 1.29 is 13.9 Å². The lowest BCUT2D eigenvalue weighted by Crippen LogP contribution is -2.11. The number of aryl methyl sites for hydroxylation is 1. The second-order valence-corrected chi connectivity index (χ2v) is 6.93. The van der Waals surface area contributed by atoms with Gasteiger partial charge in [0.25, 0.3) is 11.8 Å². The van der Waals surface area contributed by atoms with Crippen molar-refractivity contribution in [3.63, 3.8) is 0 Å². The Morgan fingerprint density at radius 1 is 1.19 bits per heavy atom. The highest BCUT2D eigenvalue weighted by Crippen LogP contribution is 2.26. The maximum Gasteiger partial charge on any atom is 0.339 e. The first-order chi connectivity index (χ1) is 13.2. The van der Waals surface area contributed by atoms with Gasteiger partial charge in [0.05, 0.1) is 16.0 Å². The molecule has 4 aromatic rings. The zero-order valence-corrected chi connectivity index (χ0v) is 15.7. The monoisotopic (exact) mass is 379 g/mol. The van der Waals surface area contributed by atoms with E-state index < -0.39 is 5.97 Å². The maximum absolute atomic E-state index is 12.8. The minimum atomic E-state index is -0.420. The highest BCUT2D eigenvalue weighted by atomic mass is 32.1. The summed E-state index contributed by atoms with van der Waals surface area (Å²) in [6.45, 7) is 3.84. The average molecular weight is 379 g/mol. The molecule has 0 aliphatic rings. The number of carbonyl (C=O) groups is 1. The fourth-order valence-electron chi connectivity index (χ4n) is 2.98. The van der Waals surface area contributed by atoms with Crippen LogP contribution in [0.5, 0.6) is 0 Å². The second-order valence-electron chi connectivity index (χ2n) is 5.98. The molecule has 27 heavy (non-hydrogen) atoms. The van der Waals surface area contributed by atoms with Crippen LogP contribution in [0.15, 0.2) is 46.2 Å². The number of para-hydroxylation sites is 1. The molecule has 0 aliphatic carbocycles. The molecule has 0 amide bonds. The quantitative estimate of drug-likeness (QED) is 0.473. The van der Waals surface area contributed by atoms with Crippen LogP contribution in [-0.4, -0.2) is 21.2 Å². The SMILES string of the molecule is CCc1nc2ccccc2c(C(=O)OCc2nnc(-c3cccs3)o2)c1C. The van der Waals surface area contributed by atoms with Crippen molar-refractivity contribution in [1.82, 2.24) is 15.2 Å². The van der Waals surface area contributed by atoms with Crippen LogP contribution in [0.2, 0.25) is 0 Å². The lowest BCUT2D eigenvalue weighted by Gasteiger charge is -2.12. The van der Waals surface area contributed by atoms with Crippen molar-refractivity contribution in [3.05, 3.63) is 64.5 Å². The van der Waals surface area contributed by atoms with Crippen LogP contribution in [0.25, 0.3) is 21.7 Å². The van der Waals surface area contributed by atoms with Gasteiger partial charge in [-0.2, -0.15) is 0 Å². The Hall–Kier alpha value is -3.06. The van der Waals surface area contributed by atoms with Gasteiger partial charge in [-0.1, -0.05) is 31.2 Å². The number of nitrogens with zero attached hydrogens (tertiary/aromatic N) is 3. The van der Waals surface area contributed by atoms with Crippen molar-refractivity contribution in [1.29, 1.82) is 0 Å². The van der Waals surface area contributed by atoms with Crippen molar-refractivity contribution >= 4 is 28.2 Å². The molecule has 0 atom stereocenters. The zero-order chi connectivity index (χ0) is 18.8. The average Bonchev–Trinajstić information content (AvgIpc) is 3.37. The Labute approximate surface area is 159 Å². The normalized spacial score (nSPS) is 11.0. The lowest BCUT2D eigenvalue weighted by molar-refractivity contribution is 0.0440. The van der Waals surface area contributed by atoms with Crippen LogP contribution in [0.1, 0.15) is 34.4 Å². The summed E-state index contributed by atoms with van der Waals surface area (Å²) in [7, 11) is 0. The predicted molar refractivity (Wildman–Crippen MR) is 103 cm³/mol. The molecule has 0 unspecified atom stereocenters. The minimum Gasteiger partial charge on any atom is -0.452 e. The minimum absolute atomic E-state index is 0.0746. The zero-order valence-electron chi connectivity index (χ0n) is 14.9. The summed E-state index contributed by atoms with van der Waals surface area (Å²) in [4.78, 5) is 18.3. The first-order valence-corrected chi connectivity index (χ1v) is 9.47. The number of carbonyl (C=O) groups excluding carboxylic acids is 1. The van der Waals surface area contributed by atoms with E-state index in [0.717, 1.165) is 33.5 Å². The van der Waals surface area contributed by atoms with Gasteiger partial charge in [-0.05, 0) is 36.4 Å². The number of pyridine rings is 1. The highest BCUT2D eigenvalue weighted by molar-refractivity contribution is 7.13. The number of esters is 1. The lowest BCUT2D eigenvalue weighted by atomic mass is 10.0. The largest absolute Gasteiger partial charge is 0.452 e. The number of fused-ring (bicyclic) bond motifs is 1. The van der Waals surface area contributed by atoms with Crippen molar-refractivity contribution in [2.45, 2.75) is 26.9 Å². The van der Waals surface area contributed by atoms with Crippen LogP contribution in [0, 0.1) is 6.92 Å². The van der Waals surface area contributed by atoms with Crippen LogP contribution in [-0.2, 0) is 17.8 Å². The fraction of sp³-hybridized carbons (Fsp3) is 0.200. The van der Waals surface area contributed by atoms with Gasteiger partial charge in [-0.15, -0.1) is 21.5 Å². The molecule has 3 heterocycles. The molecule has 0 radical (unpaired) electrons. The summed E-state index contributed by atoms with van der Waals surface area (Å²) in [5, 5.41) is 10.7. The third-order valence-corrected chi connectivity index (χ3v) is 5.16. The van der Waals surface area contributed by atoms with Gasteiger partial charge in [-0.25, -0.2) is 4.79 Å². The van der Waals surface area contributed by atoms with Gasteiger partial charge in [0.2, 0.25) is 0 Å². The molecule has 3 aromatic heterocycles. The van der Waals surface area contributed by atoms with E-state index in [4.69, 9.17) is 9.15 Å². The Kier molecular flexibility index (Phi) is 4.68. The molecule has 0 N–H and O–H groups in total. The van der Waals surface area contributed by atoms with Crippen molar-refractivity contribution in [3.8, 4) is 10.8 Å². The van der Waals surface area contributed by atoms with Gasteiger partial charge in [-0.3, -0.25) is 4.98 Å². The van der Waals surface area contributed by atoms with Crippen molar-refractivity contribution in [2.75, 3.05) is 0 Å². The number of aromatic nitrogens is 3. The summed E-state index contributed by atoms with van der Waals surface area (Å²) in [5.74, 6) is 0.269. The first kappa shape index (κ1) is 17.4. The highest BCUT2D eigenvalue weighted by Gasteiger charge is 2.20. The Balaban J connectivity index is 1.59. The van der Waals surface area contributed by atoms with Gasteiger partial charge in [0.1, 0.15) is 0 Å². The molecular weight excluding hydrogens is 362 g/mol. The first-order valence-electron chi connectivity index (χ1n) is 8.59. The number of rotatable bonds is 5. The van der Waals surface area contributed by atoms with Crippen LogP contribution >= 0.6 is 11.3 Å². The van der Waals surface area contributed by atoms with E-state index in [2.05, 4.69) is 15.2 Å². The second kappa shape index (κ2) is 7.28. The molecule has 0 spiro atoms. The third kappa shape index (κ3) is 3.33.